The Bertz CT molecular complexity index is 1390. The Balaban J connectivity index is 1.65. The van der Waals surface area contributed by atoms with Gasteiger partial charge < -0.3 is 10.2 Å². The number of carbonyl (C=O) groups is 2. The number of hydrogen-bond acceptors (Lipinski definition) is 4. The molecule has 1 fully saturated rings. The Morgan fingerprint density at radius 2 is 1.55 bits per heavy atom. The van der Waals surface area contributed by atoms with E-state index >= 15 is 0 Å². The maximum absolute atomic E-state index is 13.9. The molecule has 1 atom stereocenters. The summed E-state index contributed by atoms with van der Waals surface area (Å²) in [6.45, 7) is 3.04. The molecule has 3 aromatic rings. The van der Waals surface area contributed by atoms with Crippen molar-refractivity contribution in [2.75, 3.05) is 10.8 Å². The minimum absolute atomic E-state index is 0.0193. The van der Waals surface area contributed by atoms with Gasteiger partial charge in [0.1, 0.15) is 18.4 Å². The van der Waals surface area contributed by atoms with Gasteiger partial charge in [-0.2, -0.15) is 0 Å². The van der Waals surface area contributed by atoms with Crippen LogP contribution in [0.15, 0.2) is 83.8 Å². The van der Waals surface area contributed by atoms with Crippen LogP contribution < -0.4 is 9.62 Å². The Morgan fingerprint density at radius 3 is 2.17 bits per heavy atom. The summed E-state index contributed by atoms with van der Waals surface area (Å²) in [7, 11) is -4.11. The summed E-state index contributed by atoms with van der Waals surface area (Å²) in [5.74, 6) is -1.25. The molecule has 1 aliphatic carbocycles. The maximum atomic E-state index is 13.9. The molecule has 0 aromatic heterocycles. The number of benzene rings is 3. The van der Waals surface area contributed by atoms with Crippen molar-refractivity contribution in [3.05, 3.63) is 95.8 Å². The molecule has 7 nitrogen and oxygen atoms in total. The first-order valence-electron chi connectivity index (χ1n) is 13.6. The van der Waals surface area contributed by atoms with Gasteiger partial charge in [0.2, 0.25) is 11.8 Å². The second kappa shape index (κ2) is 13.1. The highest BCUT2D eigenvalue weighted by atomic mass is 32.2. The molecule has 212 valence electrons. The fourth-order valence-electron chi connectivity index (χ4n) is 4.90. The third kappa shape index (κ3) is 7.27. The normalized spacial score (nSPS) is 14.8. The van der Waals surface area contributed by atoms with E-state index in [-0.39, 0.29) is 23.4 Å². The zero-order chi connectivity index (χ0) is 28.7. The molecular weight excluding hydrogens is 529 g/mol. The average Bonchev–Trinajstić information content (AvgIpc) is 2.96. The molecule has 1 saturated carbocycles. The van der Waals surface area contributed by atoms with E-state index in [9.17, 15) is 22.4 Å². The van der Waals surface area contributed by atoms with Gasteiger partial charge in [-0.1, -0.05) is 67.3 Å². The lowest BCUT2D eigenvalue weighted by atomic mass is 9.95. The molecule has 1 N–H and O–H groups in total. The highest BCUT2D eigenvalue weighted by Gasteiger charge is 2.33. The molecule has 1 aliphatic rings. The molecule has 0 heterocycles. The fourth-order valence-corrected chi connectivity index (χ4v) is 6.33. The Morgan fingerprint density at radius 1 is 0.925 bits per heavy atom. The van der Waals surface area contributed by atoms with Gasteiger partial charge in [0.25, 0.3) is 10.0 Å². The van der Waals surface area contributed by atoms with E-state index in [1.165, 1.54) is 29.2 Å². The number of amides is 2. The van der Waals surface area contributed by atoms with Gasteiger partial charge in [0, 0.05) is 12.6 Å². The fraction of sp³-hybridized carbons (Fsp3) is 0.355. The number of halogens is 1. The van der Waals surface area contributed by atoms with Gasteiger partial charge in [-0.25, -0.2) is 12.8 Å². The number of hydrogen-bond donors (Lipinski definition) is 1. The Hall–Kier alpha value is -3.72. The van der Waals surface area contributed by atoms with Crippen LogP contribution in [0, 0.1) is 12.7 Å². The van der Waals surface area contributed by atoms with E-state index in [0.29, 0.717) is 11.3 Å². The number of aryl methyl sites for hydroxylation is 1. The van der Waals surface area contributed by atoms with Crippen molar-refractivity contribution in [1.29, 1.82) is 0 Å². The first-order valence-corrected chi connectivity index (χ1v) is 15.1. The second-order valence-corrected chi connectivity index (χ2v) is 12.2. The first kappa shape index (κ1) is 29.3. The van der Waals surface area contributed by atoms with Crippen LogP contribution in [0.4, 0.5) is 10.1 Å². The highest BCUT2D eigenvalue weighted by Crippen LogP contribution is 2.25. The predicted molar refractivity (Wildman–Crippen MR) is 154 cm³/mol. The van der Waals surface area contributed by atoms with Crippen LogP contribution in [-0.2, 0) is 26.2 Å². The van der Waals surface area contributed by atoms with E-state index in [4.69, 9.17) is 0 Å². The molecule has 0 radical (unpaired) electrons. The summed E-state index contributed by atoms with van der Waals surface area (Å²) in [6.07, 6.45) is 5.00. The molecule has 2 amide bonds. The van der Waals surface area contributed by atoms with Crippen molar-refractivity contribution in [3.8, 4) is 0 Å². The molecule has 0 bridgehead atoms. The summed E-state index contributed by atoms with van der Waals surface area (Å²) >= 11 is 0. The third-order valence-electron chi connectivity index (χ3n) is 7.32. The largest absolute Gasteiger partial charge is 0.352 e. The monoisotopic (exact) mass is 565 g/mol. The van der Waals surface area contributed by atoms with Crippen molar-refractivity contribution in [1.82, 2.24) is 10.2 Å². The minimum Gasteiger partial charge on any atom is -0.352 e. The molecule has 0 spiro atoms. The standard InChI is InChI=1S/C31H36FN3O4S/c1-23-13-19-28(20-14-23)35(40(38,39)29-11-7-4-8-12-29)22-30(36)34(21-25-15-17-26(32)18-16-25)24(2)31(37)33-27-9-5-3-6-10-27/h4,7-8,11-20,24,27H,3,5-6,9-10,21-22H2,1-2H3,(H,33,37)/t24-/m0/s1. The molecule has 0 aliphatic heterocycles. The summed E-state index contributed by atoms with van der Waals surface area (Å²) < 4.78 is 42.2. The lowest BCUT2D eigenvalue weighted by Crippen LogP contribution is -2.53. The molecule has 9 heteroatoms. The van der Waals surface area contributed by atoms with Gasteiger partial charge >= 0.3 is 0 Å². The number of anilines is 1. The summed E-state index contributed by atoms with van der Waals surface area (Å²) in [4.78, 5) is 28.7. The minimum atomic E-state index is -4.11. The SMILES string of the molecule is Cc1ccc(N(CC(=O)N(Cc2ccc(F)cc2)[C@@H](C)C(=O)NC2CCCCC2)S(=O)(=O)c2ccccc2)cc1. The van der Waals surface area contributed by atoms with Crippen molar-refractivity contribution >= 4 is 27.5 Å². The Kier molecular flexibility index (Phi) is 9.58. The van der Waals surface area contributed by atoms with Gasteiger partial charge in [-0.05, 0) is 68.7 Å². The van der Waals surface area contributed by atoms with Gasteiger partial charge in [-0.15, -0.1) is 0 Å². The van der Waals surface area contributed by atoms with E-state index in [1.807, 2.05) is 6.92 Å². The second-order valence-electron chi connectivity index (χ2n) is 10.3. The average molecular weight is 566 g/mol. The molecule has 3 aromatic carbocycles. The lowest BCUT2D eigenvalue weighted by Gasteiger charge is -2.33. The van der Waals surface area contributed by atoms with Crippen molar-refractivity contribution in [2.24, 2.45) is 0 Å². The van der Waals surface area contributed by atoms with Crippen molar-refractivity contribution in [3.63, 3.8) is 0 Å². The topological polar surface area (TPSA) is 86.8 Å². The van der Waals surface area contributed by atoms with Gasteiger partial charge in [0.05, 0.1) is 10.6 Å². The van der Waals surface area contributed by atoms with Gasteiger partial charge in [-0.3, -0.25) is 13.9 Å². The van der Waals surface area contributed by atoms with Crippen LogP contribution in [0.2, 0.25) is 0 Å². The van der Waals surface area contributed by atoms with E-state index < -0.39 is 34.3 Å². The van der Waals surface area contributed by atoms with Gasteiger partial charge in [0.15, 0.2) is 0 Å². The highest BCUT2D eigenvalue weighted by molar-refractivity contribution is 7.92. The number of nitrogens with one attached hydrogen (secondary N) is 1. The van der Waals surface area contributed by atoms with Crippen LogP contribution in [-0.4, -0.2) is 43.8 Å². The lowest BCUT2D eigenvalue weighted by molar-refractivity contribution is -0.139. The molecule has 0 unspecified atom stereocenters. The van der Waals surface area contributed by atoms with E-state index in [1.54, 1.807) is 61.5 Å². The molecule has 4 rings (SSSR count). The van der Waals surface area contributed by atoms with Crippen molar-refractivity contribution in [2.45, 2.75) is 69.5 Å². The van der Waals surface area contributed by atoms with Crippen LogP contribution in [0.1, 0.15) is 50.2 Å². The molecule has 40 heavy (non-hydrogen) atoms. The zero-order valence-electron chi connectivity index (χ0n) is 22.9. The van der Waals surface area contributed by atoms with Crippen LogP contribution >= 0.6 is 0 Å². The number of nitrogens with zero attached hydrogens (tertiary/aromatic N) is 2. The summed E-state index contributed by atoms with van der Waals surface area (Å²) in [5, 5.41) is 3.07. The number of rotatable bonds is 10. The van der Waals surface area contributed by atoms with Crippen LogP contribution in [0.5, 0.6) is 0 Å². The smallest absolute Gasteiger partial charge is 0.264 e. The van der Waals surface area contributed by atoms with Crippen LogP contribution in [0.3, 0.4) is 0 Å². The summed E-state index contributed by atoms with van der Waals surface area (Å²) in [6, 6.07) is 19.7. The van der Waals surface area contributed by atoms with E-state index in [2.05, 4.69) is 5.32 Å². The molecule has 0 saturated heterocycles. The maximum Gasteiger partial charge on any atom is 0.264 e. The number of carbonyl (C=O) groups excluding carboxylic acids is 2. The van der Waals surface area contributed by atoms with E-state index in [0.717, 1.165) is 42.0 Å². The zero-order valence-corrected chi connectivity index (χ0v) is 23.7. The molecular formula is C31H36FN3O4S. The number of sulfonamides is 1. The summed E-state index contributed by atoms with van der Waals surface area (Å²) in [5.41, 5.74) is 1.90. The first-order chi connectivity index (χ1) is 19.1. The quantitative estimate of drug-likeness (QED) is 0.366. The predicted octanol–water partition coefficient (Wildman–Crippen LogP) is 5.20. The Labute approximate surface area is 236 Å². The van der Waals surface area contributed by atoms with Crippen LogP contribution in [0.25, 0.3) is 0 Å². The van der Waals surface area contributed by atoms with Crippen molar-refractivity contribution < 1.29 is 22.4 Å². The third-order valence-corrected chi connectivity index (χ3v) is 9.11.